The van der Waals surface area contributed by atoms with E-state index in [0.717, 1.165) is 22.3 Å². The predicted octanol–water partition coefficient (Wildman–Crippen LogP) is 5.48. The minimum Gasteiger partial charge on any atom is -0.291 e. The Kier molecular flexibility index (Phi) is 7.53. The van der Waals surface area contributed by atoms with Crippen molar-refractivity contribution in [1.29, 1.82) is 0 Å². The van der Waals surface area contributed by atoms with E-state index in [2.05, 4.69) is 20.6 Å². The summed E-state index contributed by atoms with van der Waals surface area (Å²) in [5.41, 5.74) is 3.60. The van der Waals surface area contributed by atoms with Gasteiger partial charge in [-0.1, -0.05) is 75.7 Å². The van der Waals surface area contributed by atoms with Crippen LogP contribution in [0.4, 0.5) is 8.78 Å². The summed E-state index contributed by atoms with van der Waals surface area (Å²) >= 11 is 0. The van der Waals surface area contributed by atoms with E-state index in [1.165, 1.54) is 9.13 Å². The van der Waals surface area contributed by atoms with Crippen LogP contribution in [0.25, 0.3) is 22.5 Å². The SMILES string of the molecule is CCCc1c(C(F)F)n(CCC(C)C)c(=O)n1Cc1ccc(-c2ccccc2-c2nnn[nH]2)cc1. The molecule has 184 valence electrons. The van der Waals surface area contributed by atoms with Crippen LogP contribution in [0.2, 0.25) is 0 Å². The molecule has 2 heterocycles. The molecule has 35 heavy (non-hydrogen) atoms. The number of hydrogen-bond acceptors (Lipinski definition) is 4. The van der Waals surface area contributed by atoms with Gasteiger partial charge < -0.3 is 0 Å². The van der Waals surface area contributed by atoms with Gasteiger partial charge in [-0.3, -0.25) is 9.13 Å². The van der Waals surface area contributed by atoms with Crippen molar-refractivity contribution in [3.05, 3.63) is 76.0 Å². The summed E-state index contributed by atoms with van der Waals surface area (Å²) in [6.07, 6.45) is -0.911. The summed E-state index contributed by atoms with van der Waals surface area (Å²) in [4.78, 5) is 13.2. The molecule has 4 rings (SSSR count). The molecule has 0 amide bonds. The lowest BCUT2D eigenvalue weighted by Gasteiger charge is -2.11. The highest BCUT2D eigenvalue weighted by molar-refractivity contribution is 5.80. The first-order valence-corrected chi connectivity index (χ1v) is 11.9. The maximum Gasteiger partial charge on any atom is 0.329 e. The molecule has 2 aromatic heterocycles. The molecule has 0 aliphatic heterocycles. The second-order valence-electron chi connectivity index (χ2n) is 9.08. The van der Waals surface area contributed by atoms with Gasteiger partial charge in [-0.25, -0.2) is 18.7 Å². The topological polar surface area (TPSA) is 81.4 Å². The van der Waals surface area contributed by atoms with Crippen LogP contribution in [-0.4, -0.2) is 29.8 Å². The van der Waals surface area contributed by atoms with Crippen LogP contribution in [0.5, 0.6) is 0 Å². The molecule has 4 aromatic rings. The Morgan fingerprint density at radius 2 is 1.71 bits per heavy atom. The minimum absolute atomic E-state index is 0.135. The quantitative estimate of drug-likeness (QED) is 0.326. The molecule has 0 saturated heterocycles. The lowest BCUT2D eigenvalue weighted by atomic mass is 9.98. The molecule has 0 unspecified atom stereocenters. The van der Waals surface area contributed by atoms with Crippen molar-refractivity contribution in [2.75, 3.05) is 0 Å². The lowest BCUT2D eigenvalue weighted by molar-refractivity contribution is 0.138. The summed E-state index contributed by atoms with van der Waals surface area (Å²) in [5.74, 6) is 0.885. The minimum atomic E-state index is -2.69. The number of H-pyrrole nitrogens is 1. The van der Waals surface area contributed by atoms with Crippen molar-refractivity contribution in [2.24, 2.45) is 5.92 Å². The molecule has 9 heteroatoms. The Morgan fingerprint density at radius 3 is 2.31 bits per heavy atom. The average molecular weight is 481 g/mol. The highest BCUT2D eigenvalue weighted by atomic mass is 19.3. The van der Waals surface area contributed by atoms with E-state index in [-0.39, 0.29) is 17.9 Å². The number of imidazole rings is 1. The first-order valence-electron chi connectivity index (χ1n) is 11.9. The van der Waals surface area contributed by atoms with Crippen LogP contribution in [0, 0.1) is 5.92 Å². The number of benzene rings is 2. The van der Waals surface area contributed by atoms with Crippen molar-refractivity contribution in [3.8, 4) is 22.5 Å². The van der Waals surface area contributed by atoms with Gasteiger partial charge in [0.15, 0.2) is 5.82 Å². The van der Waals surface area contributed by atoms with Gasteiger partial charge in [0.05, 0.1) is 6.54 Å². The van der Waals surface area contributed by atoms with Crippen LogP contribution in [-0.2, 0) is 19.5 Å². The van der Waals surface area contributed by atoms with E-state index in [4.69, 9.17) is 0 Å². The maximum atomic E-state index is 14.1. The molecular weight excluding hydrogens is 450 g/mol. The highest BCUT2D eigenvalue weighted by Crippen LogP contribution is 2.30. The van der Waals surface area contributed by atoms with Crippen LogP contribution < -0.4 is 5.69 Å². The number of aromatic nitrogens is 6. The van der Waals surface area contributed by atoms with E-state index in [1.807, 2.05) is 69.3 Å². The fraction of sp³-hybridized carbons (Fsp3) is 0.385. The molecule has 7 nitrogen and oxygen atoms in total. The molecule has 0 fully saturated rings. The van der Waals surface area contributed by atoms with Gasteiger partial charge >= 0.3 is 5.69 Å². The zero-order chi connectivity index (χ0) is 24.9. The lowest BCUT2D eigenvalue weighted by Crippen LogP contribution is -2.26. The van der Waals surface area contributed by atoms with E-state index in [1.54, 1.807) is 0 Å². The standard InChI is InChI=1S/C26H30F2N6O/c1-4-7-22-23(24(27)28)33(15-14-17(2)3)26(35)34(22)16-18-10-12-19(13-11-18)20-8-5-6-9-21(20)25-29-31-32-30-25/h5-6,8-13,17,24H,4,7,14-16H2,1-3H3,(H,29,30,31,32). The maximum absolute atomic E-state index is 14.1. The number of tetrazole rings is 1. The molecule has 0 saturated carbocycles. The first-order chi connectivity index (χ1) is 16.9. The Hall–Kier alpha value is -3.62. The van der Waals surface area contributed by atoms with Crippen molar-refractivity contribution < 1.29 is 8.78 Å². The van der Waals surface area contributed by atoms with Crippen LogP contribution >= 0.6 is 0 Å². The van der Waals surface area contributed by atoms with Crippen molar-refractivity contribution in [3.63, 3.8) is 0 Å². The second-order valence-corrected chi connectivity index (χ2v) is 9.08. The largest absolute Gasteiger partial charge is 0.329 e. The average Bonchev–Trinajstić information content (AvgIpc) is 3.46. The van der Waals surface area contributed by atoms with Crippen molar-refractivity contribution in [2.45, 2.75) is 59.5 Å². The number of nitrogens with one attached hydrogen (secondary N) is 1. The van der Waals surface area contributed by atoms with Crippen LogP contribution in [0.1, 0.15) is 57.0 Å². The summed E-state index contributed by atoms with van der Waals surface area (Å²) in [5, 5.41) is 14.1. The number of alkyl halides is 2. The van der Waals surface area contributed by atoms with E-state index < -0.39 is 6.43 Å². The van der Waals surface area contributed by atoms with Crippen LogP contribution in [0.3, 0.4) is 0 Å². The molecule has 0 spiro atoms. The predicted molar refractivity (Wildman–Crippen MR) is 131 cm³/mol. The fourth-order valence-corrected chi connectivity index (χ4v) is 4.36. The van der Waals surface area contributed by atoms with Gasteiger partial charge in [-0.15, -0.1) is 5.10 Å². The highest BCUT2D eigenvalue weighted by Gasteiger charge is 2.25. The zero-order valence-electron chi connectivity index (χ0n) is 20.2. The molecule has 0 aliphatic rings. The summed E-state index contributed by atoms with van der Waals surface area (Å²) in [6, 6.07) is 15.6. The van der Waals surface area contributed by atoms with Gasteiger partial charge in [0.2, 0.25) is 0 Å². The molecule has 0 radical (unpaired) electrons. The normalized spacial score (nSPS) is 11.6. The monoisotopic (exact) mass is 480 g/mol. The van der Waals surface area contributed by atoms with E-state index in [9.17, 15) is 13.6 Å². The van der Waals surface area contributed by atoms with Crippen LogP contribution in [0.15, 0.2) is 53.3 Å². The van der Waals surface area contributed by atoms with Crippen molar-refractivity contribution >= 4 is 0 Å². The van der Waals surface area contributed by atoms with Gasteiger partial charge in [0, 0.05) is 17.8 Å². The molecule has 2 aromatic carbocycles. The number of halogens is 2. The van der Waals surface area contributed by atoms with Gasteiger partial charge in [-0.2, -0.15) is 0 Å². The Balaban J connectivity index is 1.68. The van der Waals surface area contributed by atoms with E-state index in [0.29, 0.717) is 43.2 Å². The smallest absolute Gasteiger partial charge is 0.291 e. The fourth-order valence-electron chi connectivity index (χ4n) is 4.36. The van der Waals surface area contributed by atoms with Gasteiger partial charge in [0.1, 0.15) is 5.69 Å². The Labute approximate surface area is 202 Å². The third kappa shape index (κ3) is 5.23. The molecule has 0 atom stereocenters. The number of nitrogens with zero attached hydrogens (tertiary/aromatic N) is 5. The zero-order valence-corrected chi connectivity index (χ0v) is 20.2. The number of aromatic amines is 1. The Morgan fingerprint density at radius 1 is 1.00 bits per heavy atom. The van der Waals surface area contributed by atoms with Gasteiger partial charge in [-0.05, 0) is 45.9 Å². The third-order valence-corrected chi connectivity index (χ3v) is 6.13. The molecule has 0 bridgehead atoms. The molecule has 0 aliphatic carbocycles. The number of rotatable bonds is 10. The number of hydrogen-bond donors (Lipinski definition) is 1. The molecule has 1 N–H and O–H groups in total. The van der Waals surface area contributed by atoms with E-state index >= 15 is 0 Å². The Bertz CT molecular complexity index is 1310. The first kappa shape index (κ1) is 24.5. The van der Waals surface area contributed by atoms with Gasteiger partial charge in [0.25, 0.3) is 6.43 Å². The second kappa shape index (κ2) is 10.8. The molecular formula is C26H30F2N6O. The summed E-state index contributed by atoms with van der Waals surface area (Å²) in [6.45, 7) is 6.53. The third-order valence-electron chi connectivity index (χ3n) is 6.13. The summed E-state index contributed by atoms with van der Waals surface area (Å²) in [7, 11) is 0. The summed E-state index contributed by atoms with van der Waals surface area (Å²) < 4.78 is 31.0. The van der Waals surface area contributed by atoms with Crippen molar-refractivity contribution in [1.82, 2.24) is 29.8 Å².